The van der Waals surface area contributed by atoms with Crippen molar-refractivity contribution in [3.63, 3.8) is 0 Å². The summed E-state index contributed by atoms with van der Waals surface area (Å²) in [6.45, 7) is 11.1. The maximum absolute atomic E-state index is 4.28. The van der Waals surface area contributed by atoms with Gasteiger partial charge >= 0.3 is 0 Å². The van der Waals surface area contributed by atoms with Crippen LogP contribution in [0.1, 0.15) is 32.9 Å². The first-order valence-corrected chi connectivity index (χ1v) is 6.75. The molecule has 2 heterocycles. The fourth-order valence-corrected chi connectivity index (χ4v) is 2.31. The van der Waals surface area contributed by atoms with Crippen LogP contribution in [0, 0.1) is 5.92 Å². The zero-order valence-electron chi connectivity index (χ0n) is 11.7. The number of rotatable bonds is 4. The van der Waals surface area contributed by atoms with Gasteiger partial charge in [-0.15, -0.1) is 0 Å². The predicted molar refractivity (Wildman–Crippen MR) is 73.2 cm³/mol. The first kappa shape index (κ1) is 13.4. The summed E-state index contributed by atoms with van der Waals surface area (Å²) >= 11 is 0. The standard InChI is InChI=1S/C14H24N4/c1-14(2,3)17-8-12-5-7-18(9-12)10-13-4-6-15-11-16-13/h4,6,11-12,17H,5,7-10H2,1-3H3. The molecular formula is C14H24N4. The van der Waals surface area contributed by atoms with Crippen molar-refractivity contribution in [2.24, 2.45) is 5.92 Å². The van der Waals surface area contributed by atoms with E-state index >= 15 is 0 Å². The van der Waals surface area contributed by atoms with Crippen LogP contribution in [-0.2, 0) is 6.54 Å². The van der Waals surface area contributed by atoms with Crippen LogP contribution in [0.15, 0.2) is 18.6 Å². The molecule has 1 N–H and O–H groups in total. The van der Waals surface area contributed by atoms with Crippen molar-refractivity contribution < 1.29 is 0 Å². The smallest absolute Gasteiger partial charge is 0.115 e. The predicted octanol–water partition coefficient (Wildman–Crippen LogP) is 1.69. The lowest BCUT2D eigenvalue weighted by atomic mass is 10.1. The Morgan fingerprint density at radius 2 is 2.28 bits per heavy atom. The van der Waals surface area contributed by atoms with Crippen LogP contribution in [0.5, 0.6) is 0 Å². The minimum Gasteiger partial charge on any atom is -0.312 e. The lowest BCUT2D eigenvalue weighted by Gasteiger charge is -2.23. The number of nitrogens with zero attached hydrogens (tertiary/aromatic N) is 3. The Bertz CT molecular complexity index is 358. The highest BCUT2D eigenvalue weighted by molar-refractivity contribution is 4.98. The number of hydrogen-bond donors (Lipinski definition) is 1. The molecule has 2 rings (SSSR count). The molecular weight excluding hydrogens is 224 g/mol. The van der Waals surface area contributed by atoms with E-state index in [4.69, 9.17) is 0 Å². The monoisotopic (exact) mass is 248 g/mol. The van der Waals surface area contributed by atoms with E-state index in [1.165, 1.54) is 19.5 Å². The fourth-order valence-electron chi connectivity index (χ4n) is 2.31. The SMILES string of the molecule is CC(C)(C)NCC1CCN(Cc2ccncn2)C1. The molecule has 1 aromatic rings. The van der Waals surface area contributed by atoms with Gasteiger partial charge in [0.25, 0.3) is 0 Å². The number of aromatic nitrogens is 2. The van der Waals surface area contributed by atoms with Gasteiger partial charge in [-0.3, -0.25) is 4.90 Å². The average molecular weight is 248 g/mol. The second-order valence-corrected chi connectivity index (χ2v) is 6.22. The van der Waals surface area contributed by atoms with Gasteiger partial charge < -0.3 is 5.32 Å². The molecule has 1 aliphatic rings. The summed E-state index contributed by atoms with van der Waals surface area (Å²) in [6.07, 6.45) is 4.73. The summed E-state index contributed by atoms with van der Waals surface area (Å²) in [5.74, 6) is 0.770. The molecule has 0 radical (unpaired) electrons. The maximum atomic E-state index is 4.28. The first-order chi connectivity index (χ1) is 8.53. The van der Waals surface area contributed by atoms with Crippen molar-refractivity contribution in [3.8, 4) is 0 Å². The molecule has 1 aromatic heterocycles. The van der Waals surface area contributed by atoms with E-state index in [-0.39, 0.29) is 5.54 Å². The Balaban J connectivity index is 1.75. The van der Waals surface area contributed by atoms with Gasteiger partial charge in [-0.25, -0.2) is 9.97 Å². The van der Waals surface area contributed by atoms with Crippen molar-refractivity contribution in [2.75, 3.05) is 19.6 Å². The normalized spacial score (nSPS) is 21.4. The lowest BCUT2D eigenvalue weighted by Crippen LogP contribution is -2.39. The maximum Gasteiger partial charge on any atom is 0.115 e. The molecule has 4 heteroatoms. The van der Waals surface area contributed by atoms with Gasteiger partial charge in [0, 0.05) is 24.8 Å². The van der Waals surface area contributed by atoms with E-state index < -0.39 is 0 Å². The van der Waals surface area contributed by atoms with E-state index in [2.05, 4.69) is 41.0 Å². The summed E-state index contributed by atoms with van der Waals surface area (Å²) in [5.41, 5.74) is 1.34. The third-order valence-corrected chi connectivity index (χ3v) is 3.32. The molecule has 0 amide bonds. The Morgan fingerprint density at radius 3 is 2.94 bits per heavy atom. The number of likely N-dealkylation sites (tertiary alicyclic amines) is 1. The molecule has 0 aliphatic carbocycles. The minimum atomic E-state index is 0.222. The summed E-state index contributed by atoms with van der Waals surface area (Å²) < 4.78 is 0. The van der Waals surface area contributed by atoms with E-state index in [0.717, 1.165) is 24.7 Å². The highest BCUT2D eigenvalue weighted by atomic mass is 15.2. The highest BCUT2D eigenvalue weighted by Gasteiger charge is 2.23. The number of nitrogens with one attached hydrogen (secondary N) is 1. The molecule has 18 heavy (non-hydrogen) atoms. The largest absolute Gasteiger partial charge is 0.312 e. The Morgan fingerprint density at radius 1 is 1.44 bits per heavy atom. The van der Waals surface area contributed by atoms with Gasteiger partial charge in [-0.05, 0) is 52.3 Å². The first-order valence-electron chi connectivity index (χ1n) is 6.75. The van der Waals surface area contributed by atoms with Crippen LogP contribution in [0.4, 0.5) is 0 Å². The molecule has 100 valence electrons. The molecule has 1 unspecified atom stereocenters. The Hall–Kier alpha value is -1.00. The molecule has 1 saturated heterocycles. The van der Waals surface area contributed by atoms with Gasteiger partial charge in [0.15, 0.2) is 0 Å². The molecule has 1 atom stereocenters. The van der Waals surface area contributed by atoms with Gasteiger partial charge in [-0.2, -0.15) is 0 Å². The van der Waals surface area contributed by atoms with Gasteiger partial charge in [-0.1, -0.05) is 0 Å². The molecule has 0 spiro atoms. The van der Waals surface area contributed by atoms with Crippen LogP contribution in [-0.4, -0.2) is 40.0 Å². The summed E-state index contributed by atoms with van der Waals surface area (Å²) in [6, 6.07) is 2.00. The fraction of sp³-hybridized carbons (Fsp3) is 0.714. The van der Waals surface area contributed by atoms with Crippen molar-refractivity contribution in [1.82, 2.24) is 20.2 Å². The van der Waals surface area contributed by atoms with E-state index in [1.54, 1.807) is 6.33 Å². The summed E-state index contributed by atoms with van der Waals surface area (Å²) in [5, 5.41) is 3.60. The van der Waals surface area contributed by atoms with E-state index in [0.29, 0.717) is 0 Å². The van der Waals surface area contributed by atoms with Crippen molar-refractivity contribution in [3.05, 3.63) is 24.3 Å². The second kappa shape index (κ2) is 5.76. The zero-order valence-corrected chi connectivity index (χ0v) is 11.7. The summed E-state index contributed by atoms with van der Waals surface area (Å²) in [7, 11) is 0. The Kier molecular flexibility index (Phi) is 4.30. The molecule has 4 nitrogen and oxygen atoms in total. The van der Waals surface area contributed by atoms with Gasteiger partial charge in [0.2, 0.25) is 0 Å². The molecule has 0 bridgehead atoms. The van der Waals surface area contributed by atoms with Crippen molar-refractivity contribution >= 4 is 0 Å². The van der Waals surface area contributed by atoms with Crippen LogP contribution in [0.25, 0.3) is 0 Å². The topological polar surface area (TPSA) is 41.0 Å². The Labute approximate surface area is 110 Å². The molecule has 0 saturated carbocycles. The molecule has 1 fully saturated rings. The van der Waals surface area contributed by atoms with E-state index in [9.17, 15) is 0 Å². The minimum absolute atomic E-state index is 0.222. The molecule has 1 aliphatic heterocycles. The second-order valence-electron chi connectivity index (χ2n) is 6.22. The lowest BCUT2D eigenvalue weighted by molar-refractivity contribution is 0.302. The van der Waals surface area contributed by atoms with E-state index in [1.807, 2.05) is 12.3 Å². The number of hydrogen-bond acceptors (Lipinski definition) is 4. The third kappa shape index (κ3) is 4.35. The van der Waals surface area contributed by atoms with Crippen molar-refractivity contribution in [1.29, 1.82) is 0 Å². The summed E-state index contributed by atoms with van der Waals surface area (Å²) in [4.78, 5) is 10.7. The molecule has 0 aromatic carbocycles. The zero-order chi connectivity index (χ0) is 13.0. The van der Waals surface area contributed by atoms with Crippen LogP contribution < -0.4 is 5.32 Å². The third-order valence-electron chi connectivity index (χ3n) is 3.32. The van der Waals surface area contributed by atoms with Crippen LogP contribution in [0.3, 0.4) is 0 Å². The average Bonchev–Trinajstić information content (AvgIpc) is 2.75. The van der Waals surface area contributed by atoms with Crippen molar-refractivity contribution in [2.45, 2.75) is 39.3 Å². The quantitative estimate of drug-likeness (QED) is 0.880. The highest BCUT2D eigenvalue weighted by Crippen LogP contribution is 2.18. The van der Waals surface area contributed by atoms with Gasteiger partial charge in [0.05, 0.1) is 5.69 Å². The van der Waals surface area contributed by atoms with Crippen LogP contribution in [0.2, 0.25) is 0 Å². The van der Waals surface area contributed by atoms with Crippen LogP contribution >= 0.6 is 0 Å². The van der Waals surface area contributed by atoms with Gasteiger partial charge in [0.1, 0.15) is 6.33 Å².